The topological polar surface area (TPSA) is 15.3 Å². The van der Waals surface area contributed by atoms with Crippen LogP contribution in [0.25, 0.3) is 0 Å². The van der Waals surface area contributed by atoms with Crippen LogP contribution in [-0.2, 0) is 0 Å². The molecule has 0 radical (unpaired) electrons. The van der Waals surface area contributed by atoms with E-state index >= 15 is 0 Å². The summed E-state index contributed by atoms with van der Waals surface area (Å²) < 4.78 is 0. The molecule has 0 unspecified atom stereocenters. The summed E-state index contributed by atoms with van der Waals surface area (Å²) in [5.74, 6) is 0.947. The third-order valence-electron chi connectivity index (χ3n) is 3.21. The third kappa shape index (κ3) is 1.42. The van der Waals surface area contributed by atoms with Crippen molar-refractivity contribution in [3.05, 3.63) is 0 Å². The largest absolute Gasteiger partial charge is 0.315 e. The quantitative estimate of drug-likeness (QED) is 0.552. The first-order chi connectivity index (χ1) is 5.38. The van der Waals surface area contributed by atoms with Crippen molar-refractivity contribution in [2.45, 2.75) is 25.3 Å². The van der Waals surface area contributed by atoms with Gasteiger partial charge in [-0.2, -0.15) is 0 Å². The Bertz CT molecular complexity index is 136. The average Bonchev–Trinajstić information content (AvgIpc) is 2.40. The highest BCUT2D eigenvalue weighted by molar-refractivity contribution is 4.89. The number of nitrogens with zero attached hydrogens (tertiary/aromatic N) is 1. The molecule has 2 heteroatoms. The number of hydrogen-bond donors (Lipinski definition) is 1. The van der Waals surface area contributed by atoms with Crippen LogP contribution in [0.1, 0.15) is 19.3 Å². The van der Waals surface area contributed by atoms with Gasteiger partial charge in [-0.15, -0.1) is 0 Å². The molecule has 0 saturated carbocycles. The first-order valence-electron chi connectivity index (χ1n) is 4.79. The lowest BCUT2D eigenvalue weighted by atomic mass is 9.99. The molecule has 2 atom stereocenters. The predicted octanol–water partition coefficient (Wildman–Crippen LogP) is 0.690. The van der Waals surface area contributed by atoms with Crippen molar-refractivity contribution < 1.29 is 0 Å². The number of hydrogen-bond acceptors (Lipinski definition) is 2. The van der Waals surface area contributed by atoms with E-state index in [-0.39, 0.29) is 0 Å². The Morgan fingerprint density at radius 1 is 1.27 bits per heavy atom. The zero-order valence-corrected chi connectivity index (χ0v) is 7.34. The lowest BCUT2D eigenvalue weighted by Gasteiger charge is -2.25. The summed E-state index contributed by atoms with van der Waals surface area (Å²) in [6.45, 7) is 3.79. The molecule has 0 amide bonds. The van der Waals surface area contributed by atoms with Crippen molar-refractivity contribution in [1.82, 2.24) is 10.2 Å². The summed E-state index contributed by atoms with van der Waals surface area (Å²) in [5.41, 5.74) is 0. The van der Waals surface area contributed by atoms with E-state index in [1.165, 1.54) is 38.9 Å². The van der Waals surface area contributed by atoms with Crippen molar-refractivity contribution in [2.24, 2.45) is 5.92 Å². The van der Waals surface area contributed by atoms with E-state index in [0.717, 1.165) is 12.0 Å². The summed E-state index contributed by atoms with van der Waals surface area (Å²) in [7, 11) is 2.27. The molecular weight excluding hydrogens is 136 g/mol. The van der Waals surface area contributed by atoms with Gasteiger partial charge in [0.25, 0.3) is 0 Å². The normalized spacial score (nSPS) is 40.1. The summed E-state index contributed by atoms with van der Waals surface area (Å²) in [6.07, 6.45) is 4.29. The van der Waals surface area contributed by atoms with Gasteiger partial charge in [-0.05, 0) is 38.9 Å². The maximum absolute atomic E-state index is 3.48. The van der Waals surface area contributed by atoms with Crippen molar-refractivity contribution in [3.8, 4) is 0 Å². The van der Waals surface area contributed by atoms with Crippen LogP contribution in [0.15, 0.2) is 0 Å². The Kier molecular flexibility index (Phi) is 2.14. The van der Waals surface area contributed by atoms with Crippen LogP contribution in [0.3, 0.4) is 0 Å². The fraction of sp³-hybridized carbons (Fsp3) is 1.00. The second-order valence-electron chi connectivity index (χ2n) is 3.96. The molecule has 2 aliphatic rings. The molecular formula is C9H18N2. The Balaban J connectivity index is 2.03. The van der Waals surface area contributed by atoms with Crippen LogP contribution in [0.5, 0.6) is 0 Å². The molecule has 0 aromatic rings. The van der Waals surface area contributed by atoms with E-state index in [9.17, 15) is 0 Å². The molecule has 64 valence electrons. The fourth-order valence-electron chi connectivity index (χ4n) is 2.46. The molecule has 2 rings (SSSR count). The molecule has 2 saturated heterocycles. The monoisotopic (exact) mass is 154 g/mol. The SMILES string of the molecule is CN1CCCC[C@@H]2CNC[C@H]21. The predicted molar refractivity (Wildman–Crippen MR) is 46.6 cm³/mol. The Morgan fingerprint density at radius 3 is 3.09 bits per heavy atom. The van der Waals surface area contributed by atoms with Crippen LogP contribution in [0, 0.1) is 5.92 Å². The minimum atomic E-state index is 0.845. The van der Waals surface area contributed by atoms with E-state index in [1.807, 2.05) is 0 Å². The molecule has 11 heavy (non-hydrogen) atoms. The standard InChI is InChI=1S/C9H18N2/c1-11-5-3-2-4-8-6-10-7-9(8)11/h8-10H,2-7H2,1H3/t8-,9-/m1/s1. The van der Waals surface area contributed by atoms with Crippen LogP contribution >= 0.6 is 0 Å². The summed E-state index contributed by atoms with van der Waals surface area (Å²) in [5, 5.41) is 3.48. The molecule has 0 spiro atoms. The molecule has 0 aromatic carbocycles. The van der Waals surface area contributed by atoms with Crippen molar-refractivity contribution >= 4 is 0 Å². The van der Waals surface area contributed by atoms with E-state index in [4.69, 9.17) is 0 Å². The minimum absolute atomic E-state index is 0.845. The van der Waals surface area contributed by atoms with Gasteiger partial charge < -0.3 is 10.2 Å². The second kappa shape index (κ2) is 3.11. The number of fused-ring (bicyclic) bond motifs is 1. The Hall–Kier alpha value is -0.0800. The van der Waals surface area contributed by atoms with E-state index in [1.54, 1.807) is 0 Å². The lowest BCUT2D eigenvalue weighted by Crippen LogP contribution is -2.36. The fourth-order valence-corrected chi connectivity index (χ4v) is 2.46. The third-order valence-corrected chi connectivity index (χ3v) is 3.21. The molecule has 1 N–H and O–H groups in total. The summed E-state index contributed by atoms with van der Waals surface area (Å²) in [4.78, 5) is 2.54. The zero-order valence-electron chi connectivity index (χ0n) is 7.34. The van der Waals surface area contributed by atoms with Gasteiger partial charge in [0.15, 0.2) is 0 Å². The molecule has 2 fully saturated rings. The average molecular weight is 154 g/mol. The molecule has 0 bridgehead atoms. The maximum atomic E-state index is 3.48. The molecule has 2 aliphatic heterocycles. The number of likely N-dealkylation sites (tertiary alicyclic amines) is 1. The van der Waals surface area contributed by atoms with Gasteiger partial charge in [0, 0.05) is 12.6 Å². The second-order valence-corrected chi connectivity index (χ2v) is 3.96. The maximum Gasteiger partial charge on any atom is 0.0257 e. The molecule has 0 aliphatic carbocycles. The molecule has 2 nitrogen and oxygen atoms in total. The van der Waals surface area contributed by atoms with Gasteiger partial charge >= 0.3 is 0 Å². The van der Waals surface area contributed by atoms with Crippen molar-refractivity contribution in [1.29, 1.82) is 0 Å². The highest BCUT2D eigenvalue weighted by Gasteiger charge is 2.31. The smallest absolute Gasteiger partial charge is 0.0257 e. The van der Waals surface area contributed by atoms with Crippen LogP contribution in [-0.4, -0.2) is 37.6 Å². The van der Waals surface area contributed by atoms with Gasteiger partial charge in [-0.3, -0.25) is 0 Å². The van der Waals surface area contributed by atoms with E-state index in [0.29, 0.717) is 0 Å². The Morgan fingerprint density at radius 2 is 2.18 bits per heavy atom. The van der Waals surface area contributed by atoms with Gasteiger partial charge in [0.2, 0.25) is 0 Å². The Labute approximate surface area is 69.0 Å². The van der Waals surface area contributed by atoms with E-state index in [2.05, 4.69) is 17.3 Å². The van der Waals surface area contributed by atoms with Gasteiger partial charge in [-0.1, -0.05) is 6.42 Å². The van der Waals surface area contributed by atoms with E-state index < -0.39 is 0 Å². The van der Waals surface area contributed by atoms with Crippen LogP contribution in [0.4, 0.5) is 0 Å². The van der Waals surface area contributed by atoms with Gasteiger partial charge in [0.1, 0.15) is 0 Å². The highest BCUT2D eigenvalue weighted by Crippen LogP contribution is 2.24. The van der Waals surface area contributed by atoms with Crippen LogP contribution < -0.4 is 5.32 Å². The van der Waals surface area contributed by atoms with Gasteiger partial charge in [0.05, 0.1) is 0 Å². The lowest BCUT2D eigenvalue weighted by molar-refractivity contribution is 0.230. The minimum Gasteiger partial charge on any atom is -0.315 e. The molecule has 0 aromatic heterocycles. The zero-order chi connectivity index (χ0) is 7.68. The number of likely N-dealkylation sites (N-methyl/N-ethyl adjacent to an activating group) is 1. The number of nitrogens with one attached hydrogen (secondary N) is 1. The van der Waals surface area contributed by atoms with Crippen molar-refractivity contribution in [2.75, 3.05) is 26.7 Å². The number of rotatable bonds is 0. The highest BCUT2D eigenvalue weighted by atomic mass is 15.2. The first-order valence-corrected chi connectivity index (χ1v) is 4.79. The summed E-state index contributed by atoms with van der Waals surface area (Å²) in [6, 6.07) is 0.845. The summed E-state index contributed by atoms with van der Waals surface area (Å²) >= 11 is 0. The van der Waals surface area contributed by atoms with Crippen LogP contribution in [0.2, 0.25) is 0 Å². The first kappa shape index (κ1) is 7.56. The molecule has 2 heterocycles. The van der Waals surface area contributed by atoms with Gasteiger partial charge in [-0.25, -0.2) is 0 Å². The van der Waals surface area contributed by atoms with Crippen molar-refractivity contribution in [3.63, 3.8) is 0 Å².